The summed E-state index contributed by atoms with van der Waals surface area (Å²) in [6.45, 7) is 0. The Morgan fingerprint density at radius 1 is 1.58 bits per heavy atom. The van der Waals surface area contributed by atoms with E-state index in [1.54, 1.807) is 0 Å². The Morgan fingerprint density at radius 3 is 2.84 bits per heavy atom. The zero-order valence-corrected chi connectivity index (χ0v) is 10.6. The lowest BCUT2D eigenvalue weighted by Crippen LogP contribution is -2.18. The van der Waals surface area contributed by atoms with Crippen LogP contribution >= 0.6 is 11.6 Å². The molecule has 2 N–H and O–H groups in total. The van der Waals surface area contributed by atoms with Crippen molar-refractivity contribution < 1.29 is 14.8 Å². The minimum absolute atomic E-state index is 0.0208. The fourth-order valence-electron chi connectivity index (χ4n) is 2.16. The summed E-state index contributed by atoms with van der Waals surface area (Å²) in [4.78, 5) is 24.7. The smallest absolute Gasteiger partial charge is 0.306 e. The average molecular weight is 286 g/mol. The van der Waals surface area contributed by atoms with E-state index in [2.05, 4.69) is 10.3 Å². The van der Waals surface area contributed by atoms with Gasteiger partial charge in [-0.15, -0.1) is 0 Å². The van der Waals surface area contributed by atoms with Crippen LogP contribution in [0.4, 0.5) is 11.5 Å². The van der Waals surface area contributed by atoms with Crippen molar-refractivity contribution in [2.24, 2.45) is 5.92 Å². The van der Waals surface area contributed by atoms with Crippen LogP contribution in [0.1, 0.15) is 19.3 Å². The zero-order chi connectivity index (χ0) is 14.0. The van der Waals surface area contributed by atoms with E-state index in [0.717, 1.165) is 6.20 Å². The summed E-state index contributed by atoms with van der Waals surface area (Å²) < 4.78 is 0. The molecular formula is C11H12ClN3O4. The number of carboxylic acid groups (broad SMARTS) is 1. The molecule has 0 saturated heterocycles. The predicted molar refractivity (Wildman–Crippen MR) is 68.3 cm³/mol. The minimum atomic E-state index is -0.799. The topological polar surface area (TPSA) is 105 Å². The molecule has 1 heterocycles. The summed E-state index contributed by atoms with van der Waals surface area (Å²) in [6.07, 6.45) is 2.95. The van der Waals surface area contributed by atoms with Crippen LogP contribution in [0.15, 0.2) is 12.3 Å². The van der Waals surface area contributed by atoms with Gasteiger partial charge in [0, 0.05) is 12.1 Å². The van der Waals surface area contributed by atoms with Crippen molar-refractivity contribution in [2.45, 2.75) is 25.3 Å². The van der Waals surface area contributed by atoms with E-state index >= 15 is 0 Å². The van der Waals surface area contributed by atoms with Gasteiger partial charge in [-0.1, -0.05) is 11.6 Å². The van der Waals surface area contributed by atoms with Crippen LogP contribution in [0.5, 0.6) is 0 Å². The number of rotatable bonds is 4. The van der Waals surface area contributed by atoms with E-state index in [4.69, 9.17) is 16.7 Å². The highest BCUT2D eigenvalue weighted by Gasteiger charge is 2.30. The van der Waals surface area contributed by atoms with Crippen molar-refractivity contribution in [1.82, 2.24) is 4.98 Å². The lowest BCUT2D eigenvalue weighted by Gasteiger charge is -2.13. The van der Waals surface area contributed by atoms with Gasteiger partial charge in [0.1, 0.15) is 12.0 Å². The molecule has 1 fully saturated rings. The molecule has 0 amide bonds. The number of nitrogens with one attached hydrogen (secondary N) is 1. The molecule has 1 aliphatic carbocycles. The van der Waals surface area contributed by atoms with Gasteiger partial charge in [-0.05, 0) is 19.3 Å². The van der Waals surface area contributed by atoms with Crippen molar-refractivity contribution in [2.75, 3.05) is 5.32 Å². The molecule has 1 aromatic heterocycles. The number of pyridine rings is 1. The fraction of sp³-hybridized carbons (Fsp3) is 0.455. The van der Waals surface area contributed by atoms with E-state index < -0.39 is 10.9 Å². The normalized spacial score (nSPS) is 22.2. The molecular weight excluding hydrogens is 274 g/mol. The van der Waals surface area contributed by atoms with Gasteiger partial charge in [0.05, 0.1) is 15.9 Å². The number of hydrogen-bond acceptors (Lipinski definition) is 5. The molecule has 0 radical (unpaired) electrons. The molecule has 19 heavy (non-hydrogen) atoms. The highest BCUT2D eigenvalue weighted by atomic mass is 35.5. The molecule has 1 saturated carbocycles. The maximum absolute atomic E-state index is 10.8. The summed E-state index contributed by atoms with van der Waals surface area (Å²) in [7, 11) is 0. The summed E-state index contributed by atoms with van der Waals surface area (Å²) in [6, 6.07) is 1.20. The Hall–Kier alpha value is -1.89. The van der Waals surface area contributed by atoms with Crippen molar-refractivity contribution in [3.8, 4) is 0 Å². The predicted octanol–water partition coefficient (Wildman–Crippen LogP) is 2.31. The van der Waals surface area contributed by atoms with Crippen LogP contribution in [0.2, 0.25) is 5.02 Å². The highest BCUT2D eigenvalue weighted by molar-refractivity contribution is 6.33. The Balaban J connectivity index is 2.04. The third-order valence-corrected chi connectivity index (χ3v) is 3.45. The largest absolute Gasteiger partial charge is 0.481 e. The van der Waals surface area contributed by atoms with E-state index in [1.807, 2.05) is 0 Å². The van der Waals surface area contributed by atoms with E-state index in [0.29, 0.717) is 25.1 Å². The number of carboxylic acids is 1. The van der Waals surface area contributed by atoms with Crippen molar-refractivity contribution in [3.63, 3.8) is 0 Å². The Morgan fingerprint density at radius 2 is 2.32 bits per heavy atom. The summed E-state index contributed by atoms with van der Waals surface area (Å²) in [5, 5.41) is 22.6. The Bertz CT molecular complexity index is 523. The van der Waals surface area contributed by atoms with Crippen molar-refractivity contribution in [1.29, 1.82) is 0 Å². The van der Waals surface area contributed by atoms with Crippen LogP contribution in [-0.4, -0.2) is 27.0 Å². The molecule has 1 aliphatic rings. The second-order valence-corrected chi connectivity index (χ2v) is 4.88. The number of aromatic nitrogens is 1. The third kappa shape index (κ3) is 3.11. The quantitative estimate of drug-likeness (QED) is 0.649. The highest BCUT2D eigenvalue weighted by Crippen LogP contribution is 2.30. The number of hydrogen-bond donors (Lipinski definition) is 2. The van der Waals surface area contributed by atoms with E-state index in [9.17, 15) is 14.9 Å². The van der Waals surface area contributed by atoms with Gasteiger partial charge in [-0.2, -0.15) is 0 Å². The lowest BCUT2D eigenvalue weighted by molar-refractivity contribution is -0.385. The summed E-state index contributed by atoms with van der Waals surface area (Å²) in [5.41, 5.74) is -0.176. The van der Waals surface area contributed by atoms with Crippen LogP contribution in [0.3, 0.4) is 0 Å². The average Bonchev–Trinajstić information content (AvgIpc) is 2.80. The fourth-order valence-corrected chi connectivity index (χ4v) is 2.38. The Kier molecular flexibility index (Phi) is 3.84. The van der Waals surface area contributed by atoms with Crippen molar-refractivity contribution >= 4 is 29.1 Å². The number of nitro groups is 1. The monoisotopic (exact) mass is 285 g/mol. The standard InChI is InChI=1S/C11H12ClN3O4/c12-9-4-8(15(18)19)5-13-10(9)14-7-2-1-6(3-7)11(16)17/h4-7H,1-3H2,(H,13,14)(H,16,17). The molecule has 2 atom stereocenters. The molecule has 2 unspecified atom stereocenters. The first-order chi connectivity index (χ1) is 8.97. The van der Waals surface area contributed by atoms with Crippen molar-refractivity contribution in [3.05, 3.63) is 27.4 Å². The SMILES string of the molecule is O=C(O)C1CCC(Nc2ncc([N+](=O)[O-])cc2Cl)C1. The molecule has 0 bridgehead atoms. The molecule has 0 aromatic carbocycles. The van der Waals surface area contributed by atoms with Gasteiger partial charge in [0.2, 0.25) is 0 Å². The number of carbonyl (C=O) groups is 1. The summed E-state index contributed by atoms with van der Waals surface area (Å²) >= 11 is 5.91. The number of halogens is 1. The minimum Gasteiger partial charge on any atom is -0.481 e. The lowest BCUT2D eigenvalue weighted by atomic mass is 10.1. The number of aliphatic carboxylic acids is 1. The van der Waals surface area contributed by atoms with Crippen LogP contribution in [-0.2, 0) is 4.79 Å². The van der Waals surface area contributed by atoms with Gasteiger partial charge in [-0.25, -0.2) is 4.98 Å². The third-order valence-electron chi connectivity index (χ3n) is 3.16. The first kappa shape index (κ1) is 13.5. The number of nitrogens with zero attached hydrogens (tertiary/aromatic N) is 2. The van der Waals surface area contributed by atoms with Crippen LogP contribution < -0.4 is 5.32 Å². The first-order valence-corrected chi connectivity index (χ1v) is 6.14. The maximum Gasteiger partial charge on any atom is 0.306 e. The van der Waals surface area contributed by atoms with E-state index in [-0.39, 0.29) is 22.7 Å². The first-order valence-electron chi connectivity index (χ1n) is 5.76. The molecule has 2 rings (SSSR count). The van der Waals surface area contributed by atoms with Crippen LogP contribution in [0, 0.1) is 16.0 Å². The molecule has 0 aliphatic heterocycles. The molecule has 102 valence electrons. The Labute approximate surface area is 113 Å². The van der Waals surface area contributed by atoms with Gasteiger partial charge in [-0.3, -0.25) is 14.9 Å². The molecule has 1 aromatic rings. The van der Waals surface area contributed by atoms with E-state index in [1.165, 1.54) is 6.07 Å². The zero-order valence-electron chi connectivity index (χ0n) is 9.88. The van der Waals surface area contributed by atoms with Gasteiger partial charge >= 0.3 is 5.97 Å². The molecule has 0 spiro atoms. The van der Waals surface area contributed by atoms with Gasteiger partial charge < -0.3 is 10.4 Å². The number of anilines is 1. The molecule has 7 nitrogen and oxygen atoms in total. The second kappa shape index (κ2) is 5.40. The van der Waals surface area contributed by atoms with Gasteiger partial charge in [0.25, 0.3) is 5.69 Å². The summed E-state index contributed by atoms with van der Waals surface area (Å²) in [5.74, 6) is -0.801. The van der Waals surface area contributed by atoms with Crippen LogP contribution in [0.25, 0.3) is 0 Å². The second-order valence-electron chi connectivity index (χ2n) is 4.47. The van der Waals surface area contributed by atoms with Gasteiger partial charge in [0.15, 0.2) is 0 Å². The molecule has 8 heteroatoms. The maximum atomic E-state index is 10.8.